The number of imidazole rings is 1. The molecule has 0 aliphatic heterocycles. The van der Waals surface area contributed by atoms with Crippen molar-refractivity contribution in [2.75, 3.05) is 17.8 Å². The number of fused-ring (bicyclic) bond motifs is 1. The molecule has 1 saturated carbocycles. The number of nitrogens with zero attached hydrogens (tertiary/aromatic N) is 2. The summed E-state index contributed by atoms with van der Waals surface area (Å²) >= 11 is 14.2. The zero-order valence-corrected chi connectivity index (χ0v) is 21.7. The number of aromatic nitrogens is 2. The highest BCUT2D eigenvalue weighted by molar-refractivity contribution is 14.1. The second kappa shape index (κ2) is 10.7. The van der Waals surface area contributed by atoms with Crippen molar-refractivity contribution in [1.29, 1.82) is 0 Å². The van der Waals surface area contributed by atoms with Crippen molar-refractivity contribution in [2.45, 2.75) is 32.2 Å². The Hall–Kier alpha value is -2.11. The van der Waals surface area contributed by atoms with E-state index in [9.17, 15) is 9.59 Å². The van der Waals surface area contributed by atoms with Gasteiger partial charge in [-0.3, -0.25) is 4.79 Å². The van der Waals surface area contributed by atoms with Gasteiger partial charge in [-0.1, -0.05) is 11.6 Å². The van der Waals surface area contributed by atoms with E-state index in [0.717, 1.165) is 16.4 Å². The molecule has 1 aliphatic rings. The number of halogens is 4. The maximum Gasteiger partial charge on any atom is 0.340 e. The normalized spacial score (nSPS) is 13.3. The fourth-order valence-corrected chi connectivity index (χ4v) is 4.65. The fraction of sp³-hybridized carbons (Fsp3) is 0.348. The van der Waals surface area contributed by atoms with Gasteiger partial charge in [0, 0.05) is 16.0 Å². The van der Waals surface area contributed by atoms with Crippen LogP contribution >= 0.6 is 45.8 Å². The zero-order chi connectivity index (χ0) is 24.4. The molecule has 0 saturated heterocycles. The number of unbranched alkanes of at least 4 members (excludes halogenated alkanes) is 1. The lowest BCUT2D eigenvalue weighted by molar-refractivity contribution is 0.0487. The number of hydrogen-bond acceptors (Lipinski definition) is 5. The van der Waals surface area contributed by atoms with E-state index >= 15 is 4.39 Å². The highest BCUT2D eigenvalue weighted by atomic mass is 127. The summed E-state index contributed by atoms with van der Waals surface area (Å²) in [5.41, 5.74) is 5.98. The number of amides is 1. The molecule has 2 aromatic carbocycles. The average molecular weight is 619 g/mol. The lowest BCUT2D eigenvalue weighted by atomic mass is 10.1. The molecule has 1 amide bonds. The number of alkyl halides is 1. The fourth-order valence-electron chi connectivity index (χ4n) is 3.56. The van der Waals surface area contributed by atoms with Gasteiger partial charge in [-0.15, -0.1) is 11.6 Å². The smallest absolute Gasteiger partial charge is 0.340 e. The van der Waals surface area contributed by atoms with Gasteiger partial charge >= 0.3 is 5.97 Å². The van der Waals surface area contributed by atoms with Crippen molar-refractivity contribution in [3.8, 4) is 0 Å². The number of hydrogen-bond donors (Lipinski definition) is 2. The Morgan fingerprint density at radius 1 is 1.29 bits per heavy atom. The minimum atomic E-state index is -0.802. The van der Waals surface area contributed by atoms with Crippen LogP contribution in [0.1, 0.15) is 46.7 Å². The van der Waals surface area contributed by atoms with E-state index in [1.165, 1.54) is 10.6 Å². The molecular weight excluding hydrogens is 597 g/mol. The van der Waals surface area contributed by atoms with Crippen molar-refractivity contribution in [1.82, 2.24) is 9.55 Å². The Labute approximate surface area is 219 Å². The summed E-state index contributed by atoms with van der Waals surface area (Å²) < 4.78 is 23.8. The summed E-state index contributed by atoms with van der Waals surface area (Å²) in [4.78, 5) is 29.3. The highest BCUT2D eigenvalue weighted by Gasteiger charge is 2.28. The first-order valence-corrected chi connectivity index (χ1v) is 12.8. The average Bonchev–Trinajstić information content (AvgIpc) is 3.55. The SMILES string of the molecule is NC(=O)c1nc2c(F)c(Nc3ccc(I)cc3Cl)c(C(=O)OCC3CC3)cc2n1CCCCCl. The Bertz CT molecular complexity index is 1260. The van der Waals surface area contributed by atoms with Crippen LogP contribution in [-0.2, 0) is 11.3 Å². The Balaban J connectivity index is 1.85. The van der Waals surface area contributed by atoms with E-state index in [4.69, 9.17) is 33.7 Å². The molecule has 3 N–H and O–H groups in total. The number of benzene rings is 2. The van der Waals surface area contributed by atoms with Crippen molar-refractivity contribution >= 4 is 80.1 Å². The molecule has 34 heavy (non-hydrogen) atoms. The van der Waals surface area contributed by atoms with Gasteiger partial charge in [-0.2, -0.15) is 0 Å². The number of aryl methyl sites for hydroxylation is 1. The van der Waals surface area contributed by atoms with Gasteiger partial charge in [-0.25, -0.2) is 14.2 Å². The molecule has 0 bridgehead atoms. The molecule has 0 spiro atoms. The van der Waals surface area contributed by atoms with Gasteiger partial charge in [0.1, 0.15) is 5.52 Å². The minimum absolute atomic E-state index is 0.0187. The Morgan fingerprint density at radius 2 is 2.06 bits per heavy atom. The van der Waals surface area contributed by atoms with Crippen molar-refractivity contribution in [3.05, 3.63) is 50.1 Å². The standard InChI is InChI=1S/C23H22Cl2FIN4O3/c24-7-1-2-8-31-17-10-14(23(33)34-11-12-3-4-12)19(18(26)20(17)30-22(31)21(28)32)29-16-6-5-13(27)9-15(16)25/h5-6,9-10,12,29H,1-4,7-8,11H2,(H2,28,32). The highest BCUT2D eigenvalue weighted by Crippen LogP contribution is 2.36. The third kappa shape index (κ3) is 5.41. The maximum atomic E-state index is 15.9. The largest absolute Gasteiger partial charge is 0.462 e. The van der Waals surface area contributed by atoms with Crippen molar-refractivity contribution < 1.29 is 18.7 Å². The van der Waals surface area contributed by atoms with Crippen LogP contribution in [0.5, 0.6) is 0 Å². The summed E-state index contributed by atoms with van der Waals surface area (Å²) in [5.74, 6) is -1.59. The number of carbonyl (C=O) groups excluding carboxylic acids is 2. The summed E-state index contributed by atoms with van der Waals surface area (Å²) in [6, 6.07) is 6.68. The number of carbonyl (C=O) groups is 2. The van der Waals surface area contributed by atoms with Crippen LogP contribution in [-0.4, -0.2) is 33.9 Å². The van der Waals surface area contributed by atoms with Gasteiger partial charge in [0.2, 0.25) is 0 Å². The number of primary amides is 1. The van der Waals surface area contributed by atoms with Crippen LogP contribution < -0.4 is 11.1 Å². The number of rotatable bonds is 10. The molecule has 1 aromatic heterocycles. The van der Waals surface area contributed by atoms with E-state index < -0.39 is 17.7 Å². The molecule has 3 aromatic rings. The summed E-state index contributed by atoms with van der Waals surface area (Å²) in [6.45, 7) is 0.608. The number of anilines is 2. The molecular formula is C23H22Cl2FIN4O3. The van der Waals surface area contributed by atoms with Gasteiger partial charge < -0.3 is 20.4 Å². The molecule has 4 rings (SSSR count). The summed E-state index contributed by atoms with van der Waals surface area (Å²) in [5, 5.41) is 3.28. The molecule has 7 nitrogen and oxygen atoms in total. The van der Waals surface area contributed by atoms with Crippen LogP contribution in [0, 0.1) is 15.3 Å². The Kier molecular flexibility index (Phi) is 7.83. The van der Waals surface area contributed by atoms with Gasteiger partial charge in [0.15, 0.2) is 11.6 Å². The first kappa shape index (κ1) is 25.0. The minimum Gasteiger partial charge on any atom is -0.462 e. The first-order valence-electron chi connectivity index (χ1n) is 10.8. The quantitative estimate of drug-likeness (QED) is 0.128. The van der Waals surface area contributed by atoms with Crippen molar-refractivity contribution in [2.24, 2.45) is 11.7 Å². The second-order valence-electron chi connectivity index (χ2n) is 8.12. The first-order chi connectivity index (χ1) is 16.3. The van der Waals surface area contributed by atoms with Crippen molar-refractivity contribution in [3.63, 3.8) is 0 Å². The lowest BCUT2D eigenvalue weighted by Crippen LogP contribution is -2.18. The monoisotopic (exact) mass is 618 g/mol. The predicted octanol–water partition coefficient (Wildman–Crippen LogP) is 5.86. The molecule has 1 fully saturated rings. The topological polar surface area (TPSA) is 99.2 Å². The maximum absolute atomic E-state index is 15.9. The number of nitrogens with one attached hydrogen (secondary N) is 1. The van der Waals surface area contributed by atoms with E-state index in [1.54, 1.807) is 18.2 Å². The molecule has 0 radical (unpaired) electrons. The summed E-state index contributed by atoms with van der Waals surface area (Å²) in [7, 11) is 0. The molecule has 0 atom stereocenters. The van der Waals surface area contributed by atoms with E-state index in [1.807, 2.05) is 0 Å². The Morgan fingerprint density at radius 3 is 2.71 bits per heavy atom. The van der Waals surface area contributed by atoms with E-state index in [2.05, 4.69) is 32.9 Å². The number of esters is 1. The van der Waals surface area contributed by atoms with Gasteiger partial charge in [-0.05, 0) is 78.5 Å². The molecule has 0 unspecified atom stereocenters. The molecule has 11 heteroatoms. The third-order valence-corrected chi connectivity index (χ3v) is 6.78. The van der Waals surface area contributed by atoms with E-state index in [0.29, 0.717) is 41.9 Å². The molecule has 180 valence electrons. The molecule has 1 heterocycles. The third-order valence-electron chi connectivity index (χ3n) is 5.53. The van der Waals surface area contributed by atoms with Crippen LogP contribution in [0.2, 0.25) is 5.02 Å². The zero-order valence-electron chi connectivity index (χ0n) is 18.0. The lowest BCUT2D eigenvalue weighted by Gasteiger charge is -2.15. The summed E-state index contributed by atoms with van der Waals surface area (Å²) in [6.07, 6.45) is 3.30. The molecule has 1 aliphatic carbocycles. The van der Waals surface area contributed by atoms with Crippen LogP contribution in [0.3, 0.4) is 0 Å². The van der Waals surface area contributed by atoms with Gasteiger partial charge in [0.05, 0.1) is 34.1 Å². The predicted molar refractivity (Wildman–Crippen MR) is 139 cm³/mol. The van der Waals surface area contributed by atoms with Crippen LogP contribution in [0.4, 0.5) is 15.8 Å². The number of ether oxygens (including phenoxy) is 1. The van der Waals surface area contributed by atoms with Crippen LogP contribution in [0.15, 0.2) is 24.3 Å². The second-order valence-corrected chi connectivity index (χ2v) is 10.2. The van der Waals surface area contributed by atoms with Gasteiger partial charge in [0.25, 0.3) is 5.91 Å². The number of nitrogens with two attached hydrogens (primary N) is 1. The van der Waals surface area contributed by atoms with Crippen LogP contribution in [0.25, 0.3) is 11.0 Å². The van der Waals surface area contributed by atoms with E-state index in [-0.39, 0.29) is 34.7 Å².